The Bertz CT molecular complexity index is 1190. The molecule has 34 heavy (non-hydrogen) atoms. The summed E-state index contributed by atoms with van der Waals surface area (Å²) in [5.41, 5.74) is 5.76. The van der Waals surface area contributed by atoms with Crippen LogP contribution >= 0.6 is 12.2 Å². The summed E-state index contributed by atoms with van der Waals surface area (Å²) in [6, 6.07) is 14.7. The first kappa shape index (κ1) is 22.7. The van der Waals surface area contributed by atoms with E-state index in [1.165, 1.54) is 42.6 Å². The maximum atomic E-state index is 5.93. The number of nitrogens with one attached hydrogen (secondary N) is 1. The summed E-state index contributed by atoms with van der Waals surface area (Å²) in [6.07, 6.45) is 6.94. The fraction of sp³-hybridized carbons (Fsp3) is 0.407. The molecule has 0 radical (unpaired) electrons. The lowest BCUT2D eigenvalue weighted by Crippen LogP contribution is -2.30. The van der Waals surface area contributed by atoms with Gasteiger partial charge in [-0.25, -0.2) is 0 Å². The van der Waals surface area contributed by atoms with Crippen LogP contribution in [-0.2, 0) is 0 Å². The average Bonchev–Trinajstić information content (AvgIpc) is 3.57. The molecule has 1 aromatic carbocycles. The number of benzene rings is 1. The van der Waals surface area contributed by atoms with Crippen molar-refractivity contribution in [2.24, 2.45) is 0 Å². The van der Waals surface area contributed by atoms with Crippen molar-refractivity contribution in [3.05, 3.63) is 71.3 Å². The fourth-order valence-corrected chi connectivity index (χ4v) is 6.08. The molecule has 0 amide bonds. The van der Waals surface area contributed by atoms with Gasteiger partial charge < -0.3 is 24.3 Å². The maximum absolute atomic E-state index is 5.93. The number of anilines is 1. The van der Waals surface area contributed by atoms with Crippen LogP contribution in [-0.4, -0.2) is 28.9 Å². The van der Waals surface area contributed by atoms with E-state index in [0.29, 0.717) is 11.2 Å². The second-order valence-electron chi connectivity index (χ2n) is 9.17. The van der Waals surface area contributed by atoms with Crippen LogP contribution in [0.15, 0.2) is 48.7 Å². The molecule has 1 saturated carbocycles. The maximum Gasteiger partial charge on any atom is 0.174 e. The molecule has 2 atom stereocenters. The van der Waals surface area contributed by atoms with E-state index in [0.717, 1.165) is 22.9 Å². The van der Waals surface area contributed by atoms with Crippen LogP contribution in [0.4, 0.5) is 5.69 Å². The van der Waals surface area contributed by atoms with Gasteiger partial charge in [-0.15, -0.1) is 0 Å². The van der Waals surface area contributed by atoms with E-state index in [-0.39, 0.29) is 12.1 Å². The van der Waals surface area contributed by atoms with Crippen LogP contribution in [0.5, 0.6) is 11.5 Å². The van der Waals surface area contributed by atoms with Crippen LogP contribution in [0.2, 0.25) is 0 Å². The third-order valence-corrected chi connectivity index (χ3v) is 7.59. The monoisotopic (exact) mass is 476 g/mol. The van der Waals surface area contributed by atoms with Crippen molar-refractivity contribution in [3.63, 3.8) is 0 Å². The highest BCUT2D eigenvalue weighted by Gasteiger charge is 2.43. The Morgan fingerprint density at radius 2 is 1.82 bits per heavy atom. The molecule has 3 heterocycles. The van der Waals surface area contributed by atoms with Gasteiger partial charge in [0.25, 0.3) is 0 Å². The third kappa shape index (κ3) is 3.82. The molecule has 2 aliphatic rings. The van der Waals surface area contributed by atoms with Crippen molar-refractivity contribution in [1.29, 1.82) is 0 Å². The van der Waals surface area contributed by atoms with Gasteiger partial charge in [-0.1, -0.05) is 18.9 Å². The zero-order valence-corrected chi connectivity index (χ0v) is 21.1. The van der Waals surface area contributed by atoms with E-state index < -0.39 is 0 Å². The molecule has 0 bridgehead atoms. The largest absolute Gasteiger partial charge is 0.497 e. The molecule has 1 N–H and O–H groups in total. The number of ether oxygens (including phenoxy) is 2. The van der Waals surface area contributed by atoms with Gasteiger partial charge in [0.05, 0.1) is 37.7 Å². The summed E-state index contributed by atoms with van der Waals surface area (Å²) >= 11 is 5.93. The van der Waals surface area contributed by atoms with Crippen LogP contribution in [0, 0.1) is 13.8 Å². The lowest BCUT2D eigenvalue weighted by molar-refractivity contribution is 0.394. The van der Waals surface area contributed by atoms with Gasteiger partial charge in [-0.3, -0.25) is 4.98 Å². The van der Waals surface area contributed by atoms with Gasteiger partial charge >= 0.3 is 0 Å². The van der Waals surface area contributed by atoms with Gasteiger partial charge in [-0.05, 0) is 74.8 Å². The first-order chi connectivity index (χ1) is 16.5. The summed E-state index contributed by atoms with van der Waals surface area (Å²) in [5, 5.41) is 4.23. The van der Waals surface area contributed by atoms with E-state index in [9.17, 15) is 0 Å². The van der Waals surface area contributed by atoms with Crippen LogP contribution < -0.4 is 19.7 Å². The van der Waals surface area contributed by atoms with E-state index in [1.54, 1.807) is 14.2 Å². The quantitative estimate of drug-likeness (QED) is 0.453. The zero-order valence-electron chi connectivity index (χ0n) is 20.2. The predicted octanol–water partition coefficient (Wildman–Crippen LogP) is 5.81. The highest BCUT2D eigenvalue weighted by Crippen LogP contribution is 2.47. The van der Waals surface area contributed by atoms with Gasteiger partial charge in [0, 0.05) is 29.7 Å². The number of thiocarbonyl (C=S) groups is 1. The molecule has 0 spiro atoms. The SMILES string of the molecule is COc1ccc(N2C(=S)N[C@@H](c3ccccn3)[C@H]2c2cc(C)n(C3CCCC3)c2C)c(OC)c1. The molecule has 2 aromatic heterocycles. The Morgan fingerprint density at radius 1 is 1.03 bits per heavy atom. The topological polar surface area (TPSA) is 51.5 Å². The minimum absolute atomic E-state index is 0.0638. The van der Waals surface area contributed by atoms with E-state index in [1.807, 2.05) is 36.5 Å². The normalized spacial score (nSPS) is 20.6. The lowest BCUT2D eigenvalue weighted by Gasteiger charge is -2.29. The smallest absolute Gasteiger partial charge is 0.174 e. The molecular formula is C27H32N4O2S. The molecule has 1 aliphatic heterocycles. The molecule has 7 heteroatoms. The van der Waals surface area contributed by atoms with E-state index >= 15 is 0 Å². The molecule has 5 rings (SSSR count). The van der Waals surface area contributed by atoms with Crippen molar-refractivity contribution < 1.29 is 9.47 Å². The number of aromatic nitrogens is 2. The number of rotatable bonds is 6. The molecule has 2 fully saturated rings. The highest BCUT2D eigenvalue weighted by molar-refractivity contribution is 7.80. The number of hydrogen-bond acceptors (Lipinski definition) is 4. The molecule has 1 saturated heterocycles. The van der Waals surface area contributed by atoms with Crippen molar-refractivity contribution >= 4 is 23.0 Å². The van der Waals surface area contributed by atoms with Crippen molar-refractivity contribution in [1.82, 2.24) is 14.9 Å². The highest BCUT2D eigenvalue weighted by atomic mass is 32.1. The van der Waals surface area contributed by atoms with Gasteiger partial charge in [0.2, 0.25) is 0 Å². The van der Waals surface area contributed by atoms with Crippen LogP contribution in [0.1, 0.15) is 66.5 Å². The minimum Gasteiger partial charge on any atom is -0.497 e. The Morgan fingerprint density at radius 3 is 2.50 bits per heavy atom. The second-order valence-corrected chi connectivity index (χ2v) is 9.56. The second kappa shape index (κ2) is 9.29. The molecule has 0 unspecified atom stereocenters. The molecule has 178 valence electrons. The van der Waals surface area contributed by atoms with E-state index in [4.69, 9.17) is 26.7 Å². The number of aryl methyl sites for hydroxylation is 1. The zero-order chi connectivity index (χ0) is 23.8. The van der Waals surface area contributed by atoms with Gasteiger partial charge in [-0.2, -0.15) is 0 Å². The van der Waals surface area contributed by atoms with Crippen LogP contribution in [0.25, 0.3) is 0 Å². The molecule has 1 aliphatic carbocycles. The van der Waals surface area contributed by atoms with Gasteiger partial charge in [0.1, 0.15) is 11.5 Å². The minimum atomic E-state index is -0.0852. The summed E-state index contributed by atoms with van der Waals surface area (Å²) in [4.78, 5) is 6.89. The first-order valence-corrected chi connectivity index (χ1v) is 12.3. The standard InChI is InChI=1S/C27H32N4O2S/c1-17-15-21(18(2)30(17)19-9-5-6-10-19)26-25(22-11-7-8-14-28-22)29-27(34)31(26)23-13-12-20(32-3)16-24(23)33-4/h7-8,11-16,19,25-26H,5-6,9-10H2,1-4H3,(H,29,34)/t25-,26+/m0/s1. The molecule has 6 nitrogen and oxygen atoms in total. The summed E-state index contributed by atoms with van der Waals surface area (Å²) < 4.78 is 13.8. The van der Waals surface area contributed by atoms with Crippen molar-refractivity contribution in [2.75, 3.05) is 19.1 Å². The average molecular weight is 477 g/mol. The molecular weight excluding hydrogens is 444 g/mol. The summed E-state index contributed by atoms with van der Waals surface area (Å²) in [7, 11) is 3.34. The number of hydrogen-bond donors (Lipinski definition) is 1. The Hall–Kier alpha value is -3.06. The van der Waals surface area contributed by atoms with Gasteiger partial charge in [0.15, 0.2) is 5.11 Å². The summed E-state index contributed by atoms with van der Waals surface area (Å²) in [5.74, 6) is 1.47. The van der Waals surface area contributed by atoms with Crippen LogP contribution in [0.3, 0.4) is 0 Å². The lowest BCUT2D eigenvalue weighted by atomic mass is 9.96. The number of nitrogens with zero attached hydrogens (tertiary/aromatic N) is 3. The summed E-state index contributed by atoms with van der Waals surface area (Å²) in [6.45, 7) is 4.48. The predicted molar refractivity (Wildman–Crippen MR) is 139 cm³/mol. The Kier molecular flexibility index (Phi) is 6.21. The number of methoxy groups -OCH3 is 2. The van der Waals surface area contributed by atoms with E-state index in [2.05, 4.69) is 40.8 Å². The third-order valence-electron chi connectivity index (χ3n) is 7.28. The van der Waals surface area contributed by atoms with Crippen molar-refractivity contribution in [3.8, 4) is 11.5 Å². The fourth-order valence-electron chi connectivity index (χ4n) is 5.74. The Labute approximate surface area is 206 Å². The van der Waals surface area contributed by atoms with Crippen molar-refractivity contribution in [2.45, 2.75) is 57.7 Å². The number of pyridine rings is 1. The Balaban J connectivity index is 1.67. The first-order valence-electron chi connectivity index (χ1n) is 11.9. The molecule has 3 aromatic rings.